The van der Waals surface area contributed by atoms with Crippen molar-refractivity contribution in [2.75, 3.05) is 0 Å². The van der Waals surface area contributed by atoms with Gasteiger partial charge < -0.3 is 0 Å². The standard InChI is InChI=1S/C10H11N5/c1-10(14-15-12,5-3-6-11)9-4-2-7-13-8-9/h2,4,7-8H,3,5H2,1H3. The SMILES string of the molecule is CC(CCC#N)(N=[N+]=[N-])c1cccnc1. The van der Waals surface area contributed by atoms with E-state index in [4.69, 9.17) is 10.8 Å². The molecular formula is C10H11N5. The van der Waals surface area contributed by atoms with E-state index in [9.17, 15) is 0 Å². The molecule has 0 N–H and O–H groups in total. The zero-order valence-electron chi connectivity index (χ0n) is 8.46. The molecule has 0 aliphatic heterocycles. The fourth-order valence-corrected chi connectivity index (χ4v) is 1.33. The zero-order valence-corrected chi connectivity index (χ0v) is 8.46. The molecule has 1 atom stereocenters. The Labute approximate surface area is 88.0 Å². The monoisotopic (exact) mass is 201 g/mol. The highest BCUT2D eigenvalue weighted by Crippen LogP contribution is 2.29. The van der Waals surface area contributed by atoms with E-state index in [-0.39, 0.29) is 0 Å². The highest BCUT2D eigenvalue weighted by atomic mass is 15.2. The summed E-state index contributed by atoms with van der Waals surface area (Å²) in [6.45, 7) is 1.81. The number of nitrogens with zero attached hydrogens (tertiary/aromatic N) is 5. The summed E-state index contributed by atoms with van der Waals surface area (Å²) in [6, 6.07) is 5.68. The summed E-state index contributed by atoms with van der Waals surface area (Å²) in [7, 11) is 0. The first-order valence-electron chi connectivity index (χ1n) is 4.56. The van der Waals surface area contributed by atoms with Crippen LogP contribution in [-0.4, -0.2) is 4.98 Å². The predicted octanol–water partition coefficient (Wildman–Crippen LogP) is 2.91. The van der Waals surface area contributed by atoms with Crippen molar-refractivity contribution in [1.82, 2.24) is 4.98 Å². The van der Waals surface area contributed by atoms with Crippen molar-refractivity contribution in [3.05, 3.63) is 40.5 Å². The number of hydrogen-bond acceptors (Lipinski definition) is 3. The van der Waals surface area contributed by atoms with Crippen molar-refractivity contribution in [3.8, 4) is 6.07 Å². The summed E-state index contributed by atoms with van der Waals surface area (Å²) in [6.07, 6.45) is 4.17. The minimum atomic E-state index is -0.682. The molecule has 5 heteroatoms. The number of rotatable bonds is 4. The van der Waals surface area contributed by atoms with E-state index >= 15 is 0 Å². The maximum Gasteiger partial charge on any atom is 0.0734 e. The van der Waals surface area contributed by atoms with Crippen LogP contribution in [0.3, 0.4) is 0 Å². The van der Waals surface area contributed by atoms with E-state index in [1.165, 1.54) is 0 Å². The molecule has 0 fully saturated rings. The molecular weight excluding hydrogens is 190 g/mol. The molecule has 0 amide bonds. The van der Waals surface area contributed by atoms with Crippen LogP contribution >= 0.6 is 0 Å². The van der Waals surface area contributed by atoms with Crippen molar-refractivity contribution < 1.29 is 0 Å². The van der Waals surface area contributed by atoms with Gasteiger partial charge in [0.1, 0.15) is 0 Å². The van der Waals surface area contributed by atoms with Gasteiger partial charge >= 0.3 is 0 Å². The molecule has 76 valence electrons. The first-order chi connectivity index (χ1) is 7.23. The van der Waals surface area contributed by atoms with Crippen molar-refractivity contribution in [2.45, 2.75) is 25.3 Å². The molecule has 0 aliphatic carbocycles. The summed E-state index contributed by atoms with van der Waals surface area (Å²) in [4.78, 5) is 6.80. The molecule has 15 heavy (non-hydrogen) atoms. The first-order valence-corrected chi connectivity index (χ1v) is 4.56. The van der Waals surface area contributed by atoms with Crippen LogP contribution in [-0.2, 0) is 5.54 Å². The van der Waals surface area contributed by atoms with Crippen LogP contribution in [0.25, 0.3) is 10.4 Å². The van der Waals surface area contributed by atoms with Crippen LogP contribution in [0.15, 0.2) is 29.6 Å². The van der Waals surface area contributed by atoms with E-state index < -0.39 is 5.54 Å². The maximum atomic E-state index is 8.54. The second kappa shape index (κ2) is 4.99. The van der Waals surface area contributed by atoms with Gasteiger partial charge in [-0.05, 0) is 30.5 Å². The molecule has 0 aliphatic rings. The molecule has 5 nitrogen and oxygen atoms in total. The average molecular weight is 201 g/mol. The fourth-order valence-electron chi connectivity index (χ4n) is 1.33. The lowest BCUT2D eigenvalue weighted by Crippen LogP contribution is -2.18. The Morgan fingerprint density at radius 2 is 2.53 bits per heavy atom. The molecule has 1 unspecified atom stereocenters. The van der Waals surface area contributed by atoms with Crippen LogP contribution in [0.1, 0.15) is 25.3 Å². The van der Waals surface area contributed by atoms with Crippen LogP contribution in [0.2, 0.25) is 0 Å². The Bertz CT molecular complexity index is 402. The summed E-state index contributed by atoms with van der Waals surface area (Å²) >= 11 is 0. The topological polar surface area (TPSA) is 85.4 Å². The largest absolute Gasteiger partial charge is 0.264 e. The van der Waals surface area contributed by atoms with Crippen LogP contribution in [0, 0.1) is 11.3 Å². The molecule has 0 radical (unpaired) electrons. The van der Waals surface area contributed by atoms with Gasteiger partial charge in [-0.1, -0.05) is 11.2 Å². The van der Waals surface area contributed by atoms with Crippen molar-refractivity contribution in [1.29, 1.82) is 5.26 Å². The third-order valence-corrected chi connectivity index (χ3v) is 2.27. The third-order valence-electron chi connectivity index (χ3n) is 2.27. The van der Waals surface area contributed by atoms with Crippen LogP contribution < -0.4 is 0 Å². The van der Waals surface area contributed by atoms with Gasteiger partial charge in [0.2, 0.25) is 0 Å². The van der Waals surface area contributed by atoms with Crippen LogP contribution in [0.4, 0.5) is 0 Å². The van der Waals surface area contributed by atoms with Gasteiger partial charge in [0.15, 0.2) is 0 Å². The second-order valence-corrected chi connectivity index (χ2v) is 3.36. The highest BCUT2D eigenvalue weighted by molar-refractivity contribution is 5.20. The second-order valence-electron chi connectivity index (χ2n) is 3.36. The lowest BCUT2D eigenvalue weighted by Gasteiger charge is -2.22. The number of aromatic nitrogens is 1. The van der Waals surface area contributed by atoms with Gasteiger partial charge in [0, 0.05) is 23.7 Å². The van der Waals surface area contributed by atoms with Gasteiger partial charge in [0.05, 0.1) is 11.6 Å². The lowest BCUT2D eigenvalue weighted by molar-refractivity contribution is 0.455. The Hall–Kier alpha value is -2.05. The summed E-state index contributed by atoms with van der Waals surface area (Å²) in [5.41, 5.74) is 8.67. The molecule has 1 rings (SSSR count). The molecule has 0 spiro atoms. The van der Waals surface area contributed by atoms with Gasteiger partial charge in [-0.2, -0.15) is 5.26 Å². The van der Waals surface area contributed by atoms with Gasteiger partial charge in [-0.3, -0.25) is 4.98 Å². The Kier molecular flexibility index (Phi) is 3.67. The normalized spacial score (nSPS) is 13.3. The molecule has 1 heterocycles. The molecule has 0 aromatic carbocycles. The first kappa shape index (κ1) is 11.0. The number of hydrogen-bond donors (Lipinski definition) is 0. The summed E-state index contributed by atoms with van der Waals surface area (Å²) in [5, 5.41) is 12.3. The van der Waals surface area contributed by atoms with E-state index in [0.717, 1.165) is 5.56 Å². The van der Waals surface area contributed by atoms with E-state index in [0.29, 0.717) is 12.8 Å². The fraction of sp³-hybridized carbons (Fsp3) is 0.400. The smallest absolute Gasteiger partial charge is 0.0734 e. The van der Waals surface area contributed by atoms with Crippen molar-refractivity contribution in [3.63, 3.8) is 0 Å². The molecule has 1 aromatic rings. The van der Waals surface area contributed by atoms with E-state index in [1.807, 2.05) is 12.1 Å². The molecule has 0 bridgehead atoms. The Morgan fingerprint density at radius 1 is 1.73 bits per heavy atom. The summed E-state index contributed by atoms with van der Waals surface area (Å²) < 4.78 is 0. The van der Waals surface area contributed by atoms with Gasteiger partial charge in [-0.15, -0.1) is 0 Å². The highest BCUT2D eigenvalue weighted by Gasteiger charge is 2.24. The van der Waals surface area contributed by atoms with E-state index in [2.05, 4.69) is 15.0 Å². The molecule has 0 saturated carbocycles. The van der Waals surface area contributed by atoms with Gasteiger partial charge in [0.25, 0.3) is 0 Å². The number of azide groups is 1. The Balaban J connectivity index is 3.02. The number of nitriles is 1. The zero-order chi connectivity index (χ0) is 11.1. The van der Waals surface area contributed by atoms with Crippen molar-refractivity contribution >= 4 is 0 Å². The number of pyridine rings is 1. The predicted molar refractivity (Wildman–Crippen MR) is 55.6 cm³/mol. The molecule has 0 saturated heterocycles. The lowest BCUT2D eigenvalue weighted by atomic mass is 9.90. The third kappa shape index (κ3) is 2.70. The van der Waals surface area contributed by atoms with E-state index in [1.54, 1.807) is 25.4 Å². The average Bonchev–Trinajstić information content (AvgIpc) is 2.28. The van der Waals surface area contributed by atoms with Crippen molar-refractivity contribution in [2.24, 2.45) is 5.11 Å². The molecule has 1 aromatic heterocycles. The summed E-state index contributed by atoms with van der Waals surface area (Å²) in [5.74, 6) is 0. The quantitative estimate of drug-likeness (QED) is 0.426. The van der Waals surface area contributed by atoms with Gasteiger partial charge in [-0.25, -0.2) is 0 Å². The minimum absolute atomic E-state index is 0.352. The minimum Gasteiger partial charge on any atom is -0.264 e. The van der Waals surface area contributed by atoms with Crippen LogP contribution in [0.5, 0.6) is 0 Å². The maximum absolute atomic E-state index is 8.54. The Morgan fingerprint density at radius 3 is 3.07 bits per heavy atom.